The van der Waals surface area contributed by atoms with Crippen LogP contribution in [-0.2, 0) is 18.4 Å². The second-order valence-corrected chi connectivity index (χ2v) is 7.90. The highest BCUT2D eigenvalue weighted by atomic mass is 32.2. The highest BCUT2D eigenvalue weighted by Crippen LogP contribution is 2.19. The summed E-state index contributed by atoms with van der Waals surface area (Å²) in [6, 6.07) is 16.9. The first-order valence-corrected chi connectivity index (χ1v) is 10.6. The van der Waals surface area contributed by atoms with E-state index in [9.17, 15) is 9.59 Å². The number of amides is 2. The van der Waals surface area contributed by atoms with E-state index < -0.39 is 0 Å². The Kier molecular flexibility index (Phi) is 7.24. The molecule has 0 bridgehead atoms. The number of benzene rings is 2. The molecule has 1 heterocycles. The molecular weight excluding hydrogens is 398 g/mol. The summed E-state index contributed by atoms with van der Waals surface area (Å²) >= 11 is 1.31. The van der Waals surface area contributed by atoms with Crippen molar-refractivity contribution in [3.8, 4) is 0 Å². The number of carbonyl (C=O) groups excluding carboxylic acids is 2. The van der Waals surface area contributed by atoms with Gasteiger partial charge in [0, 0.05) is 19.2 Å². The van der Waals surface area contributed by atoms with Crippen molar-refractivity contribution in [1.82, 2.24) is 25.4 Å². The largest absolute Gasteiger partial charge is 0.351 e. The number of nitrogens with zero attached hydrogens (tertiary/aromatic N) is 3. The van der Waals surface area contributed by atoms with E-state index in [1.165, 1.54) is 11.8 Å². The van der Waals surface area contributed by atoms with Crippen molar-refractivity contribution in [2.24, 2.45) is 7.05 Å². The van der Waals surface area contributed by atoms with E-state index in [2.05, 4.69) is 20.8 Å². The van der Waals surface area contributed by atoms with Crippen molar-refractivity contribution in [3.05, 3.63) is 77.1 Å². The van der Waals surface area contributed by atoms with Crippen LogP contribution in [0.2, 0.25) is 0 Å². The molecule has 0 saturated carbocycles. The highest BCUT2D eigenvalue weighted by Gasteiger charge is 2.19. The Balaban J connectivity index is 1.54. The van der Waals surface area contributed by atoms with Gasteiger partial charge in [-0.2, -0.15) is 0 Å². The summed E-state index contributed by atoms with van der Waals surface area (Å²) in [6.45, 7) is 4.26. The number of carbonyl (C=O) groups is 2. The van der Waals surface area contributed by atoms with Crippen LogP contribution >= 0.6 is 11.8 Å². The molecule has 0 aliphatic heterocycles. The minimum atomic E-state index is -0.323. The lowest BCUT2D eigenvalue weighted by molar-refractivity contribution is -0.118. The van der Waals surface area contributed by atoms with Gasteiger partial charge < -0.3 is 15.2 Å². The smallest absolute Gasteiger partial charge is 0.252 e. The molecule has 0 saturated heterocycles. The zero-order valence-electron chi connectivity index (χ0n) is 17.3. The van der Waals surface area contributed by atoms with Crippen molar-refractivity contribution in [3.63, 3.8) is 0 Å². The first-order chi connectivity index (χ1) is 14.5. The van der Waals surface area contributed by atoms with Crippen LogP contribution in [0.5, 0.6) is 0 Å². The molecule has 1 atom stereocenters. The molecule has 3 rings (SSSR count). The Labute approximate surface area is 180 Å². The highest BCUT2D eigenvalue weighted by molar-refractivity contribution is 7.99. The van der Waals surface area contributed by atoms with E-state index in [0.29, 0.717) is 23.1 Å². The minimum absolute atomic E-state index is 0.0747. The molecule has 0 aliphatic carbocycles. The van der Waals surface area contributed by atoms with E-state index in [1.807, 2.05) is 69.4 Å². The first-order valence-electron chi connectivity index (χ1n) is 9.65. The van der Waals surface area contributed by atoms with Gasteiger partial charge in [-0.25, -0.2) is 0 Å². The number of nitrogens with one attached hydrogen (secondary N) is 2. The van der Waals surface area contributed by atoms with Crippen molar-refractivity contribution in [2.45, 2.75) is 31.6 Å². The standard InChI is InChI=1S/C22H25N5O2S/c1-15-9-7-8-12-18(15)21(29)24-16(2)20-25-26-22(27(20)3)30-14-19(28)23-13-17-10-5-4-6-11-17/h4-12,16H,13-14H2,1-3H3,(H,23,28)(H,24,29)/t16-/m0/s1. The van der Waals surface area contributed by atoms with Gasteiger partial charge >= 0.3 is 0 Å². The fraction of sp³-hybridized carbons (Fsp3) is 0.273. The zero-order valence-corrected chi connectivity index (χ0v) is 18.1. The molecule has 0 fully saturated rings. The zero-order chi connectivity index (χ0) is 21.5. The molecule has 3 aromatic rings. The average Bonchev–Trinajstić information content (AvgIpc) is 3.12. The van der Waals surface area contributed by atoms with Crippen LogP contribution in [0.1, 0.15) is 40.3 Å². The third kappa shape index (κ3) is 5.48. The summed E-state index contributed by atoms with van der Waals surface area (Å²) in [7, 11) is 1.83. The molecule has 156 valence electrons. The molecular formula is C22H25N5O2S. The SMILES string of the molecule is Cc1ccccc1C(=O)N[C@@H](C)c1nnc(SCC(=O)NCc2ccccc2)n1C. The summed E-state index contributed by atoms with van der Waals surface area (Å²) in [5.41, 5.74) is 2.60. The fourth-order valence-corrected chi connectivity index (χ4v) is 3.72. The van der Waals surface area contributed by atoms with Gasteiger partial charge in [-0.1, -0.05) is 60.3 Å². The quantitative estimate of drug-likeness (QED) is 0.544. The predicted octanol–water partition coefficient (Wildman–Crippen LogP) is 3.02. The summed E-state index contributed by atoms with van der Waals surface area (Å²) in [5, 5.41) is 14.8. The van der Waals surface area contributed by atoms with E-state index in [-0.39, 0.29) is 23.6 Å². The van der Waals surface area contributed by atoms with Gasteiger partial charge in [0.2, 0.25) is 5.91 Å². The summed E-state index contributed by atoms with van der Waals surface area (Å²) in [6.07, 6.45) is 0. The van der Waals surface area contributed by atoms with Crippen molar-refractivity contribution < 1.29 is 9.59 Å². The molecule has 0 unspecified atom stereocenters. The van der Waals surface area contributed by atoms with Crippen LogP contribution in [0.25, 0.3) is 0 Å². The molecule has 0 radical (unpaired) electrons. The van der Waals surface area contributed by atoms with Gasteiger partial charge in [-0.15, -0.1) is 10.2 Å². The topological polar surface area (TPSA) is 88.9 Å². The summed E-state index contributed by atoms with van der Waals surface area (Å²) in [5.74, 6) is 0.638. The van der Waals surface area contributed by atoms with Crippen molar-refractivity contribution in [2.75, 3.05) is 5.75 Å². The predicted molar refractivity (Wildman–Crippen MR) is 117 cm³/mol. The third-order valence-corrected chi connectivity index (χ3v) is 5.68. The lowest BCUT2D eigenvalue weighted by Crippen LogP contribution is -2.29. The van der Waals surface area contributed by atoms with Crippen LogP contribution < -0.4 is 10.6 Å². The van der Waals surface area contributed by atoms with Crippen LogP contribution in [0.4, 0.5) is 0 Å². The lowest BCUT2D eigenvalue weighted by atomic mass is 10.1. The van der Waals surface area contributed by atoms with E-state index >= 15 is 0 Å². The first kappa shape index (κ1) is 21.6. The molecule has 2 aromatic carbocycles. The van der Waals surface area contributed by atoms with Crippen molar-refractivity contribution >= 4 is 23.6 Å². The molecule has 30 heavy (non-hydrogen) atoms. The summed E-state index contributed by atoms with van der Waals surface area (Å²) in [4.78, 5) is 24.7. The Morgan fingerprint density at radius 2 is 1.77 bits per heavy atom. The molecule has 8 heteroatoms. The number of thioether (sulfide) groups is 1. The van der Waals surface area contributed by atoms with Gasteiger partial charge in [-0.05, 0) is 31.0 Å². The Morgan fingerprint density at radius 3 is 2.50 bits per heavy atom. The summed E-state index contributed by atoms with van der Waals surface area (Å²) < 4.78 is 1.80. The van der Waals surface area contributed by atoms with Crippen molar-refractivity contribution in [1.29, 1.82) is 0 Å². The van der Waals surface area contributed by atoms with Gasteiger partial charge in [-0.3, -0.25) is 9.59 Å². The Hall–Kier alpha value is -3.13. The number of hydrogen-bond acceptors (Lipinski definition) is 5. The maximum atomic E-state index is 12.5. The number of rotatable bonds is 8. The van der Waals surface area contributed by atoms with Gasteiger partial charge in [0.25, 0.3) is 5.91 Å². The number of aromatic nitrogens is 3. The molecule has 7 nitrogen and oxygen atoms in total. The van der Waals surface area contributed by atoms with Crippen LogP contribution in [-0.4, -0.2) is 32.3 Å². The average molecular weight is 424 g/mol. The van der Waals surface area contributed by atoms with E-state index in [0.717, 1.165) is 11.1 Å². The van der Waals surface area contributed by atoms with Gasteiger partial charge in [0.15, 0.2) is 11.0 Å². The Bertz CT molecular complexity index is 1020. The van der Waals surface area contributed by atoms with Crippen LogP contribution in [0.3, 0.4) is 0 Å². The fourth-order valence-electron chi connectivity index (χ4n) is 2.97. The van der Waals surface area contributed by atoms with Crippen LogP contribution in [0, 0.1) is 6.92 Å². The second-order valence-electron chi connectivity index (χ2n) is 6.96. The molecule has 2 N–H and O–H groups in total. The second kappa shape index (κ2) is 10.1. The Morgan fingerprint density at radius 1 is 1.07 bits per heavy atom. The molecule has 0 spiro atoms. The molecule has 0 aliphatic rings. The maximum absolute atomic E-state index is 12.5. The van der Waals surface area contributed by atoms with Gasteiger partial charge in [0.1, 0.15) is 0 Å². The molecule has 1 aromatic heterocycles. The third-order valence-electron chi connectivity index (χ3n) is 4.66. The normalized spacial score (nSPS) is 11.7. The van der Waals surface area contributed by atoms with Crippen LogP contribution in [0.15, 0.2) is 59.8 Å². The minimum Gasteiger partial charge on any atom is -0.351 e. The maximum Gasteiger partial charge on any atom is 0.252 e. The van der Waals surface area contributed by atoms with Gasteiger partial charge in [0.05, 0.1) is 11.8 Å². The lowest BCUT2D eigenvalue weighted by Gasteiger charge is -2.14. The molecule has 2 amide bonds. The number of hydrogen-bond donors (Lipinski definition) is 2. The van der Waals surface area contributed by atoms with E-state index in [4.69, 9.17) is 0 Å². The monoisotopic (exact) mass is 423 g/mol. The number of aryl methyl sites for hydroxylation is 1. The van der Waals surface area contributed by atoms with E-state index in [1.54, 1.807) is 10.6 Å².